The largest absolute Gasteiger partial charge is 0.309 e. The van der Waals surface area contributed by atoms with E-state index in [9.17, 15) is 0 Å². The average Bonchev–Trinajstić information content (AvgIpc) is 3.94. The molecule has 0 amide bonds. The number of aromatic nitrogens is 3. The summed E-state index contributed by atoms with van der Waals surface area (Å²) >= 11 is 0. The highest BCUT2D eigenvalue weighted by atomic mass is 15.0. The molecule has 0 aliphatic rings. The fourth-order valence-corrected chi connectivity index (χ4v) is 11.1. The van der Waals surface area contributed by atoms with Gasteiger partial charge in [-0.05, 0) is 152 Å². The lowest BCUT2D eigenvalue weighted by Crippen LogP contribution is -2.19. The molecular weight excluding hydrogens is 847 g/mol. The third-order valence-corrected chi connectivity index (χ3v) is 15.6. The number of benzene rings is 8. The van der Waals surface area contributed by atoms with Gasteiger partial charge in [0.25, 0.3) is 0 Å². The van der Waals surface area contributed by atoms with Crippen LogP contribution in [-0.4, -0.2) is 13.7 Å². The van der Waals surface area contributed by atoms with Crippen molar-refractivity contribution >= 4 is 65.4 Å². The van der Waals surface area contributed by atoms with Gasteiger partial charge < -0.3 is 13.7 Å². The molecule has 0 atom stereocenters. The zero-order chi connectivity index (χ0) is 49.4. The Morgan fingerprint density at radius 2 is 0.514 bits per heavy atom. The van der Waals surface area contributed by atoms with Gasteiger partial charge in [-0.2, -0.15) is 0 Å². The molecule has 352 valence electrons. The van der Waals surface area contributed by atoms with E-state index in [1.54, 1.807) is 0 Å². The minimum atomic E-state index is -0.192. The molecule has 0 saturated heterocycles. The molecule has 3 heterocycles. The molecular formula is C67H69N3. The fraction of sp³-hybridized carbons (Fsp3) is 0.284. The minimum absolute atomic E-state index is 0.0242. The lowest BCUT2D eigenvalue weighted by Gasteiger charge is -2.27. The Labute approximate surface area is 415 Å². The van der Waals surface area contributed by atoms with Gasteiger partial charge in [0.1, 0.15) is 0 Å². The van der Waals surface area contributed by atoms with Crippen molar-refractivity contribution in [3.05, 3.63) is 197 Å². The minimum Gasteiger partial charge on any atom is -0.309 e. The van der Waals surface area contributed by atoms with Gasteiger partial charge in [-0.3, -0.25) is 0 Å². The van der Waals surface area contributed by atoms with E-state index in [1.165, 1.54) is 98.8 Å². The van der Waals surface area contributed by atoms with Gasteiger partial charge in [0.05, 0.1) is 33.1 Å². The second-order valence-electron chi connectivity index (χ2n) is 24.9. The molecule has 0 fully saturated rings. The Balaban J connectivity index is 1.20. The van der Waals surface area contributed by atoms with Crippen molar-refractivity contribution in [3.63, 3.8) is 0 Å². The molecule has 11 aromatic rings. The maximum atomic E-state index is 2.51. The molecule has 0 saturated carbocycles. The molecule has 0 aliphatic heterocycles. The van der Waals surface area contributed by atoms with Crippen LogP contribution in [0, 0.1) is 0 Å². The smallest absolute Gasteiger partial charge is 0.0542 e. The van der Waals surface area contributed by atoms with Gasteiger partial charge in [-0.25, -0.2) is 0 Å². The van der Waals surface area contributed by atoms with E-state index in [0.29, 0.717) is 0 Å². The summed E-state index contributed by atoms with van der Waals surface area (Å²) in [5, 5.41) is 7.64. The summed E-state index contributed by atoms with van der Waals surface area (Å²) in [6, 6.07) is 63.0. The van der Waals surface area contributed by atoms with E-state index in [-0.39, 0.29) is 27.1 Å². The van der Waals surface area contributed by atoms with E-state index in [4.69, 9.17) is 0 Å². The first kappa shape index (κ1) is 45.6. The van der Waals surface area contributed by atoms with Crippen molar-refractivity contribution in [1.29, 1.82) is 0 Å². The second-order valence-corrected chi connectivity index (χ2v) is 24.9. The zero-order valence-electron chi connectivity index (χ0n) is 43.9. The molecule has 0 aliphatic carbocycles. The molecule has 0 unspecified atom stereocenters. The van der Waals surface area contributed by atoms with Crippen LogP contribution in [0.25, 0.3) is 82.5 Å². The molecule has 8 aromatic carbocycles. The van der Waals surface area contributed by atoms with Gasteiger partial charge in [0.2, 0.25) is 0 Å². The summed E-state index contributed by atoms with van der Waals surface area (Å²) in [5.74, 6) is 0. The number of nitrogens with zero attached hydrogens (tertiary/aromatic N) is 3. The lowest BCUT2D eigenvalue weighted by molar-refractivity contribution is 0.590. The maximum absolute atomic E-state index is 2.51. The van der Waals surface area contributed by atoms with Crippen molar-refractivity contribution in [1.82, 2.24) is 13.7 Å². The van der Waals surface area contributed by atoms with E-state index < -0.39 is 0 Å². The standard InChI is InChI=1S/C67H69N3/c1-63(2,3)43-23-29-57-51(36-43)52-37-44(64(4,5)6)24-30-58(52)69(57)49-27-33-61-55(40-49)56-41-50(28-34-62(56)68(61)48-22-18-21-47(35-48)67(13,14)42-19-16-15-17-20-42)70-59-31-25-45(65(7,8)9)38-53(59)54-39-46(66(10,11)12)26-32-60(54)70/h15-41H,1-14H3. The number of rotatable bonds is 5. The Morgan fingerprint density at radius 1 is 0.229 bits per heavy atom. The second kappa shape index (κ2) is 15.6. The summed E-state index contributed by atoms with van der Waals surface area (Å²) in [5.41, 5.74) is 18.6. The first-order valence-corrected chi connectivity index (χ1v) is 25.4. The monoisotopic (exact) mass is 916 g/mol. The molecule has 3 aromatic heterocycles. The van der Waals surface area contributed by atoms with Crippen molar-refractivity contribution in [2.75, 3.05) is 0 Å². The van der Waals surface area contributed by atoms with Gasteiger partial charge in [0.15, 0.2) is 0 Å². The highest BCUT2D eigenvalue weighted by Crippen LogP contribution is 2.43. The molecule has 0 radical (unpaired) electrons. The molecule has 11 rings (SSSR count). The van der Waals surface area contributed by atoms with E-state index >= 15 is 0 Å². The highest BCUT2D eigenvalue weighted by molar-refractivity contribution is 6.14. The molecule has 0 N–H and O–H groups in total. The summed E-state index contributed by atoms with van der Waals surface area (Å²) in [7, 11) is 0. The molecule has 70 heavy (non-hydrogen) atoms. The van der Waals surface area contributed by atoms with Crippen molar-refractivity contribution in [3.8, 4) is 17.1 Å². The van der Waals surface area contributed by atoms with Gasteiger partial charge in [0, 0.05) is 54.8 Å². The van der Waals surface area contributed by atoms with E-state index in [0.717, 1.165) is 17.1 Å². The van der Waals surface area contributed by atoms with Gasteiger partial charge in [-0.1, -0.05) is 164 Å². The first-order valence-electron chi connectivity index (χ1n) is 25.4. The fourth-order valence-electron chi connectivity index (χ4n) is 11.1. The van der Waals surface area contributed by atoms with Crippen LogP contribution in [-0.2, 0) is 27.1 Å². The summed E-state index contributed by atoms with van der Waals surface area (Å²) in [6.07, 6.45) is 0. The topological polar surface area (TPSA) is 14.8 Å². The average molecular weight is 916 g/mol. The molecule has 3 heteroatoms. The van der Waals surface area contributed by atoms with Crippen molar-refractivity contribution < 1.29 is 0 Å². The normalized spacial score (nSPS) is 13.3. The van der Waals surface area contributed by atoms with Gasteiger partial charge in [-0.15, -0.1) is 0 Å². The molecule has 0 bridgehead atoms. The third kappa shape index (κ3) is 7.38. The van der Waals surface area contributed by atoms with Crippen LogP contribution < -0.4 is 0 Å². The zero-order valence-corrected chi connectivity index (χ0v) is 43.9. The van der Waals surface area contributed by atoms with Crippen molar-refractivity contribution in [2.24, 2.45) is 0 Å². The van der Waals surface area contributed by atoms with Gasteiger partial charge >= 0.3 is 0 Å². The lowest BCUT2D eigenvalue weighted by atomic mass is 9.78. The van der Waals surface area contributed by atoms with Crippen LogP contribution in [0.3, 0.4) is 0 Å². The van der Waals surface area contributed by atoms with E-state index in [2.05, 4.69) is 274 Å². The quantitative estimate of drug-likeness (QED) is 0.163. The van der Waals surface area contributed by atoms with Crippen LogP contribution in [0.2, 0.25) is 0 Å². The van der Waals surface area contributed by atoms with Crippen LogP contribution in [0.1, 0.15) is 130 Å². The van der Waals surface area contributed by atoms with E-state index in [1.807, 2.05) is 0 Å². The summed E-state index contributed by atoms with van der Waals surface area (Å²) < 4.78 is 7.51. The predicted octanol–water partition coefficient (Wildman–Crippen LogP) is 18.5. The van der Waals surface area contributed by atoms with Crippen molar-refractivity contribution in [2.45, 2.75) is 124 Å². The number of hydrogen-bond acceptors (Lipinski definition) is 0. The Bertz CT molecular complexity index is 3520. The Kier molecular flexibility index (Phi) is 10.1. The Hall–Kier alpha value is -6.84. The predicted molar refractivity (Wildman–Crippen MR) is 303 cm³/mol. The molecule has 0 spiro atoms. The number of fused-ring (bicyclic) bond motifs is 9. The van der Waals surface area contributed by atoms with Crippen LogP contribution in [0.4, 0.5) is 0 Å². The first-order chi connectivity index (χ1) is 33.0. The van der Waals surface area contributed by atoms with Crippen LogP contribution >= 0.6 is 0 Å². The molecule has 3 nitrogen and oxygen atoms in total. The third-order valence-electron chi connectivity index (χ3n) is 15.6. The highest BCUT2D eigenvalue weighted by Gasteiger charge is 2.27. The maximum Gasteiger partial charge on any atom is 0.0542 e. The van der Waals surface area contributed by atoms with Crippen LogP contribution in [0.15, 0.2) is 164 Å². The van der Waals surface area contributed by atoms with Crippen LogP contribution in [0.5, 0.6) is 0 Å². The summed E-state index contributed by atoms with van der Waals surface area (Å²) in [6.45, 7) is 32.5. The number of hydrogen-bond donors (Lipinski definition) is 0. The SMILES string of the molecule is CC(C)(C)c1ccc2c(c1)c1cc(C(C)(C)C)ccc1n2-c1ccc2c(c1)c1cc(-n3c4ccc(C(C)(C)C)cc4c4cc(C(C)(C)C)ccc43)ccc1n2-c1cccc(C(C)(C)c2ccccc2)c1. The Morgan fingerprint density at radius 3 is 0.843 bits per heavy atom. The summed E-state index contributed by atoms with van der Waals surface area (Å²) in [4.78, 5) is 0.